The van der Waals surface area contributed by atoms with Gasteiger partial charge in [-0.15, -0.1) is 5.10 Å². The lowest BCUT2D eigenvalue weighted by Gasteiger charge is -2.17. The molecule has 2 N–H and O–H groups in total. The molecule has 0 bridgehead atoms. The fraction of sp³-hybridized carbons (Fsp3) is 0.238. The number of nitrogens with zero attached hydrogens (tertiary/aromatic N) is 4. The molecule has 0 spiro atoms. The van der Waals surface area contributed by atoms with Crippen LogP contribution in [0.25, 0.3) is 0 Å². The van der Waals surface area contributed by atoms with Crippen LogP contribution >= 0.6 is 0 Å². The van der Waals surface area contributed by atoms with E-state index in [1.165, 1.54) is 18.5 Å². The van der Waals surface area contributed by atoms with Gasteiger partial charge in [0.05, 0.1) is 6.20 Å². The number of nitrogens with one attached hydrogen (secondary N) is 2. The Balaban J connectivity index is 1.45. The number of hydrogen-bond donors (Lipinski definition) is 2. The number of hydrogen-bond acceptors (Lipinski definition) is 7. The lowest BCUT2D eigenvalue weighted by molar-refractivity contribution is 0.101. The van der Waals surface area contributed by atoms with Gasteiger partial charge in [-0.1, -0.05) is 12.1 Å². The van der Waals surface area contributed by atoms with Gasteiger partial charge in [0.15, 0.2) is 11.6 Å². The van der Waals surface area contributed by atoms with E-state index in [0.717, 1.165) is 24.5 Å². The number of carbonyl (C=O) groups excluding carboxylic acids is 1. The van der Waals surface area contributed by atoms with Crippen LogP contribution in [-0.4, -0.2) is 34.1 Å². The Labute approximate surface area is 163 Å². The van der Waals surface area contributed by atoms with Crippen molar-refractivity contribution in [2.75, 3.05) is 28.6 Å². The van der Waals surface area contributed by atoms with Crippen molar-refractivity contribution in [3.8, 4) is 0 Å². The van der Waals surface area contributed by atoms with Crippen LogP contribution in [0.5, 0.6) is 0 Å². The number of carbonyl (C=O) groups is 1. The Hall–Kier alpha value is -3.48. The highest BCUT2D eigenvalue weighted by Crippen LogP contribution is 2.23. The molecule has 0 atom stereocenters. The van der Waals surface area contributed by atoms with Crippen molar-refractivity contribution in [2.24, 2.45) is 0 Å². The standard InChI is InChI=1S/C21H22N6O/c1-15(28)16-5-4-6-18(13-16)23-20-14-22-26-21(25-20)24-17-7-9-19(10-8-17)27-11-2-3-12-27/h4-10,13-14H,2-3,11-12H2,1H3,(H2,23,24,25,26). The summed E-state index contributed by atoms with van der Waals surface area (Å²) in [4.78, 5) is 18.4. The summed E-state index contributed by atoms with van der Waals surface area (Å²) >= 11 is 0. The highest BCUT2D eigenvalue weighted by atomic mass is 16.1. The van der Waals surface area contributed by atoms with Crippen molar-refractivity contribution in [2.45, 2.75) is 19.8 Å². The van der Waals surface area contributed by atoms with Crippen LogP contribution in [0.3, 0.4) is 0 Å². The quantitative estimate of drug-likeness (QED) is 0.627. The van der Waals surface area contributed by atoms with Crippen molar-refractivity contribution in [1.82, 2.24) is 15.2 Å². The number of aromatic nitrogens is 3. The van der Waals surface area contributed by atoms with E-state index >= 15 is 0 Å². The fourth-order valence-electron chi connectivity index (χ4n) is 3.24. The molecule has 1 fully saturated rings. The topological polar surface area (TPSA) is 83.0 Å². The summed E-state index contributed by atoms with van der Waals surface area (Å²) in [6, 6.07) is 15.5. The molecule has 7 nitrogen and oxygen atoms in total. The number of Topliss-reactive ketones (excluding diaryl/α,β-unsaturated/α-hetero) is 1. The molecule has 7 heteroatoms. The molecular weight excluding hydrogens is 352 g/mol. The predicted octanol–water partition coefficient (Wildman–Crippen LogP) is 4.16. The van der Waals surface area contributed by atoms with Crippen LogP contribution in [0.15, 0.2) is 54.7 Å². The summed E-state index contributed by atoms with van der Waals surface area (Å²) in [6.45, 7) is 3.79. The monoisotopic (exact) mass is 374 g/mol. The Morgan fingerprint density at radius 3 is 2.54 bits per heavy atom. The maximum atomic E-state index is 11.5. The number of rotatable bonds is 6. The molecular formula is C21H22N6O. The molecule has 1 aliphatic rings. The van der Waals surface area contributed by atoms with E-state index in [1.807, 2.05) is 24.3 Å². The van der Waals surface area contributed by atoms with E-state index in [-0.39, 0.29) is 5.78 Å². The van der Waals surface area contributed by atoms with Crippen LogP contribution in [0.2, 0.25) is 0 Å². The first-order chi connectivity index (χ1) is 13.7. The zero-order chi connectivity index (χ0) is 19.3. The minimum Gasteiger partial charge on any atom is -0.372 e. The minimum absolute atomic E-state index is 0.0178. The third-order valence-electron chi connectivity index (χ3n) is 4.69. The summed E-state index contributed by atoms with van der Waals surface area (Å²) in [5, 5.41) is 14.4. The summed E-state index contributed by atoms with van der Waals surface area (Å²) < 4.78 is 0. The first-order valence-corrected chi connectivity index (χ1v) is 9.37. The van der Waals surface area contributed by atoms with Gasteiger partial charge in [0.2, 0.25) is 5.95 Å². The number of anilines is 5. The first-order valence-electron chi connectivity index (χ1n) is 9.37. The van der Waals surface area contributed by atoms with E-state index in [0.29, 0.717) is 17.3 Å². The van der Waals surface area contributed by atoms with E-state index in [4.69, 9.17) is 0 Å². The van der Waals surface area contributed by atoms with E-state index < -0.39 is 0 Å². The molecule has 0 amide bonds. The molecule has 2 heterocycles. The molecule has 2 aromatic carbocycles. The zero-order valence-electron chi connectivity index (χ0n) is 15.7. The molecule has 0 saturated carbocycles. The van der Waals surface area contributed by atoms with Crippen LogP contribution in [0, 0.1) is 0 Å². The lowest BCUT2D eigenvalue weighted by Crippen LogP contribution is -2.17. The first kappa shape index (κ1) is 17.9. The SMILES string of the molecule is CC(=O)c1cccc(Nc2cnnc(Nc3ccc(N4CCCC4)cc3)n2)c1. The Morgan fingerprint density at radius 2 is 1.79 bits per heavy atom. The third-order valence-corrected chi connectivity index (χ3v) is 4.69. The van der Waals surface area contributed by atoms with Gasteiger partial charge in [-0.25, -0.2) is 0 Å². The van der Waals surface area contributed by atoms with Crippen molar-refractivity contribution >= 4 is 34.6 Å². The largest absolute Gasteiger partial charge is 0.372 e. The smallest absolute Gasteiger partial charge is 0.249 e. The summed E-state index contributed by atoms with van der Waals surface area (Å²) in [5.74, 6) is 0.970. The normalized spacial score (nSPS) is 13.4. The molecule has 1 saturated heterocycles. The predicted molar refractivity (Wildman–Crippen MR) is 111 cm³/mol. The average molecular weight is 374 g/mol. The Kier molecular flexibility index (Phi) is 5.14. The second kappa shape index (κ2) is 8.04. The highest BCUT2D eigenvalue weighted by molar-refractivity contribution is 5.95. The van der Waals surface area contributed by atoms with Crippen LogP contribution in [0.1, 0.15) is 30.1 Å². The molecule has 0 aliphatic carbocycles. The van der Waals surface area contributed by atoms with Gasteiger partial charge in [-0.05, 0) is 56.2 Å². The second-order valence-corrected chi connectivity index (χ2v) is 6.79. The van der Waals surface area contributed by atoms with Crippen molar-refractivity contribution in [3.63, 3.8) is 0 Å². The molecule has 1 aromatic heterocycles. The van der Waals surface area contributed by atoms with Crippen molar-refractivity contribution in [3.05, 3.63) is 60.3 Å². The molecule has 0 unspecified atom stereocenters. The average Bonchev–Trinajstić information content (AvgIpc) is 3.24. The molecule has 1 aliphatic heterocycles. The number of ketones is 1. The van der Waals surface area contributed by atoms with Gasteiger partial charge < -0.3 is 15.5 Å². The van der Waals surface area contributed by atoms with E-state index in [1.54, 1.807) is 25.3 Å². The van der Waals surface area contributed by atoms with Crippen LogP contribution in [0.4, 0.5) is 28.8 Å². The molecule has 3 aromatic rings. The molecule has 0 radical (unpaired) electrons. The fourth-order valence-corrected chi connectivity index (χ4v) is 3.24. The summed E-state index contributed by atoms with van der Waals surface area (Å²) in [6.07, 6.45) is 4.06. The lowest BCUT2D eigenvalue weighted by atomic mass is 10.1. The molecule has 142 valence electrons. The third kappa shape index (κ3) is 4.25. The Morgan fingerprint density at radius 1 is 1.00 bits per heavy atom. The van der Waals surface area contributed by atoms with Gasteiger partial charge in [0.25, 0.3) is 0 Å². The second-order valence-electron chi connectivity index (χ2n) is 6.79. The zero-order valence-corrected chi connectivity index (χ0v) is 15.7. The van der Waals surface area contributed by atoms with Crippen LogP contribution < -0.4 is 15.5 Å². The van der Waals surface area contributed by atoms with Gasteiger partial charge in [0.1, 0.15) is 0 Å². The molecule has 28 heavy (non-hydrogen) atoms. The Bertz CT molecular complexity index is 967. The minimum atomic E-state index is 0.0178. The summed E-state index contributed by atoms with van der Waals surface area (Å²) in [5.41, 5.74) is 3.56. The summed E-state index contributed by atoms with van der Waals surface area (Å²) in [7, 11) is 0. The van der Waals surface area contributed by atoms with Gasteiger partial charge in [-0.3, -0.25) is 4.79 Å². The van der Waals surface area contributed by atoms with Crippen LogP contribution in [-0.2, 0) is 0 Å². The maximum Gasteiger partial charge on any atom is 0.249 e. The maximum absolute atomic E-state index is 11.5. The van der Waals surface area contributed by atoms with E-state index in [9.17, 15) is 4.79 Å². The van der Waals surface area contributed by atoms with Gasteiger partial charge >= 0.3 is 0 Å². The van der Waals surface area contributed by atoms with Crippen molar-refractivity contribution in [1.29, 1.82) is 0 Å². The molecule has 4 rings (SSSR count). The van der Waals surface area contributed by atoms with E-state index in [2.05, 4.69) is 42.8 Å². The highest BCUT2D eigenvalue weighted by Gasteiger charge is 2.12. The van der Waals surface area contributed by atoms with Gasteiger partial charge in [-0.2, -0.15) is 10.1 Å². The van der Waals surface area contributed by atoms with Crippen molar-refractivity contribution < 1.29 is 4.79 Å². The van der Waals surface area contributed by atoms with Gasteiger partial charge in [0, 0.05) is 35.7 Å². The number of benzene rings is 2.